The lowest BCUT2D eigenvalue weighted by atomic mass is 10.0. The fraction of sp³-hybridized carbons (Fsp3) is 0.0294. The molecule has 0 saturated heterocycles. The van der Waals surface area contributed by atoms with E-state index < -0.39 is 11.9 Å². The lowest BCUT2D eigenvalue weighted by Crippen LogP contribution is -2.26. The third kappa shape index (κ3) is 5.08. The summed E-state index contributed by atoms with van der Waals surface area (Å²) in [6.45, 7) is 0.168. The van der Waals surface area contributed by atoms with Crippen molar-refractivity contribution in [3.8, 4) is 11.1 Å². The number of carbonyl (C=O) groups is 3. The molecule has 0 aliphatic heterocycles. The van der Waals surface area contributed by atoms with Crippen molar-refractivity contribution in [2.75, 3.05) is 0 Å². The lowest BCUT2D eigenvalue weighted by Gasteiger charge is -2.14. The normalized spacial score (nSPS) is 11.0. The zero-order chi connectivity index (χ0) is 28.5. The number of carbonyl (C=O) groups excluding carboxylic acids is 2. The first-order valence-electron chi connectivity index (χ1n) is 12.9. The highest BCUT2D eigenvalue weighted by Crippen LogP contribution is 2.27. The molecule has 41 heavy (non-hydrogen) atoms. The summed E-state index contributed by atoms with van der Waals surface area (Å²) in [7, 11) is 0. The maximum Gasteiger partial charge on any atom is 0.335 e. The Morgan fingerprint density at radius 2 is 1.39 bits per heavy atom. The summed E-state index contributed by atoms with van der Waals surface area (Å²) in [5.74, 6) is -2.04. The lowest BCUT2D eigenvalue weighted by molar-refractivity contribution is 0.0696. The number of nitrogens with one attached hydrogen (secondary N) is 1. The number of hydrogen-bond acceptors (Lipinski definition) is 3. The molecule has 0 atom stereocenters. The molecular weight excluding hydrogens is 519 g/mol. The first kappa shape index (κ1) is 25.7. The van der Waals surface area contributed by atoms with Crippen molar-refractivity contribution in [2.45, 2.75) is 6.54 Å². The van der Waals surface area contributed by atoms with Gasteiger partial charge in [0.1, 0.15) is 11.5 Å². The van der Waals surface area contributed by atoms with E-state index in [0.29, 0.717) is 22.2 Å². The average molecular weight is 543 g/mol. The van der Waals surface area contributed by atoms with Gasteiger partial charge in [-0.2, -0.15) is 0 Å². The molecule has 6 nitrogen and oxygen atoms in total. The van der Waals surface area contributed by atoms with E-state index in [1.54, 1.807) is 59.0 Å². The number of benzene rings is 4. The summed E-state index contributed by atoms with van der Waals surface area (Å²) in [5.41, 5.74) is 4.32. The minimum Gasteiger partial charge on any atom is -0.478 e. The van der Waals surface area contributed by atoms with Crippen LogP contribution in [-0.4, -0.2) is 27.2 Å². The molecule has 1 amide bonds. The van der Waals surface area contributed by atoms with E-state index in [4.69, 9.17) is 5.11 Å². The molecule has 6 rings (SSSR count). The van der Waals surface area contributed by atoms with Crippen LogP contribution in [0.5, 0.6) is 0 Å². The van der Waals surface area contributed by atoms with Crippen molar-refractivity contribution in [1.29, 1.82) is 0 Å². The number of nitrogens with zero attached hydrogens (tertiary/aromatic N) is 1. The third-order valence-electron chi connectivity index (χ3n) is 7.04. The van der Waals surface area contributed by atoms with Crippen LogP contribution in [0.25, 0.3) is 27.4 Å². The number of halogens is 1. The Bertz CT molecular complexity index is 1960. The molecule has 0 fully saturated rings. The smallest absolute Gasteiger partial charge is 0.335 e. The van der Waals surface area contributed by atoms with Crippen LogP contribution >= 0.6 is 0 Å². The molecule has 7 heteroatoms. The first-order valence-corrected chi connectivity index (χ1v) is 12.9. The minimum absolute atomic E-state index is 0.159. The van der Waals surface area contributed by atoms with Gasteiger partial charge in [0.25, 0.3) is 5.91 Å². The molecule has 2 aromatic heterocycles. The van der Waals surface area contributed by atoms with Crippen molar-refractivity contribution in [2.24, 2.45) is 0 Å². The van der Waals surface area contributed by atoms with E-state index in [0.717, 1.165) is 22.1 Å². The van der Waals surface area contributed by atoms with E-state index >= 15 is 0 Å². The van der Waals surface area contributed by atoms with Gasteiger partial charge in [0, 0.05) is 17.6 Å². The van der Waals surface area contributed by atoms with Crippen LogP contribution in [0.15, 0.2) is 115 Å². The average Bonchev–Trinajstić information content (AvgIpc) is 3.43. The summed E-state index contributed by atoms with van der Waals surface area (Å²) < 4.78 is 15.3. The zero-order valence-corrected chi connectivity index (χ0v) is 21.7. The summed E-state index contributed by atoms with van der Waals surface area (Å²) in [6.07, 6.45) is 0. The predicted octanol–water partition coefficient (Wildman–Crippen LogP) is 6.76. The van der Waals surface area contributed by atoms with E-state index in [2.05, 4.69) is 5.32 Å². The molecule has 0 aliphatic rings. The monoisotopic (exact) mass is 542 g/mol. The summed E-state index contributed by atoms with van der Waals surface area (Å²) >= 11 is 0. The molecule has 0 radical (unpaired) electrons. The Kier molecular flexibility index (Phi) is 6.61. The van der Waals surface area contributed by atoms with Crippen LogP contribution in [0.1, 0.15) is 42.5 Å². The van der Waals surface area contributed by atoms with E-state index in [-0.39, 0.29) is 29.4 Å². The van der Waals surface area contributed by atoms with Gasteiger partial charge in [-0.05, 0) is 82.1 Å². The van der Waals surface area contributed by atoms with Crippen molar-refractivity contribution in [1.82, 2.24) is 9.72 Å². The van der Waals surface area contributed by atoms with Crippen molar-refractivity contribution in [3.63, 3.8) is 0 Å². The Balaban J connectivity index is 1.40. The molecule has 4 aromatic carbocycles. The minimum atomic E-state index is -1.02. The van der Waals surface area contributed by atoms with Gasteiger partial charge in [-0.25, -0.2) is 9.18 Å². The summed E-state index contributed by atoms with van der Waals surface area (Å²) in [5, 5.41) is 13.5. The van der Waals surface area contributed by atoms with Gasteiger partial charge in [0.2, 0.25) is 5.78 Å². The van der Waals surface area contributed by atoms with Gasteiger partial charge < -0.3 is 14.8 Å². The standard InChI is InChI=1S/C34H23FN2O4/c35-28-13-12-24-16-26(11-10-25(24)17-28)32(38)30-15-14-29-18-27(22-4-2-1-3-5-22)19-31(37(29)30)33(39)36-20-21-6-8-23(9-7-21)34(40)41/h1-19H,20H2,(H,36,39)(H,40,41). The van der Waals surface area contributed by atoms with Crippen LogP contribution in [0.4, 0.5) is 4.39 Å². The first-order chi connectivity index (χ1) is 19.9. The second kappa shape index (κ2) is 10.5. The number of hydrogen-bond donors (Lipinski definition) is 2. The molecule has 0 bridgehead atoms. The van der Waals surface area contributed by atoms with Gasteiger partial charge in [-0.1, -0.05) is 60.7 Å². The number of carboxylic acids is 1. The van der Waals surface area contributed by atoms with Crippen LogP contribution in [0.3, 0.4) is 0 Å². The van der Waals surface area contributed by atoms with Crippen LogP contribution in [0.2, 0.25) is 0 Å². The number of aromatic nitrogens is 1. The number of carboxylic acid groups (broad SMARTS) is 1. The molecule has 2 heterocycles. The van der Waals surface area contributed by atoms with Crippen LogP contribution in [-0.2, 0) is 6.54 Å². The molecule has 0 saturated carbocycles. The van der Waals surface area contributed by atoms with Gasteiger partial charge in [0.15, 0.2) is 0 Å². The Morgan fingerprint density at radius 1 is 0.683 bits per heavy atom. The SMILES string of the molecule is O=C(O)c1ccc(CNC(=O)c2cc(-c3ccccc3)cc3ccc(C(=O)c4ccc5cc(F)ccc5c4)n23)cc1. The molecular formula is C34H23FN2O4. The highest BCUT2D eigenvalue weighted by molar-refractivity contribution is 6.11. The van der Waals surface area contributed by atoms with E-state index in [1.807, 2.05) is 36.4 Å². The molecule has 6 aromatic rings. The largest absolute Gasteiger partial charge is 0.478 e. The van der Waals surface area contributed by atoms with Gasteiger partial charge in [-0.3, -0.25) is 9.59 Å². The van der Waals surface area contributed by atoms with Gasteiger partial charge in [0.05, 0.1) is 11.3 Å². The highest BCUT2D eigenvalue weighted by atomic mass is 19.1. The second-order valence-corrected chi connectivity index (χ2v) is 9.69. The number of aromatic carboxylic acids is 1. The zero-order valence-electron chi connectivity index (χ0n) is 21.7. The summed E-state index contributed by atoms with van der Waals surface area (Å²) in [4.78, 5) is 38.6. The Labute approximate surface area is 234 Å². The fourth-order valence-corrected chi connectivity index (χ4v) is 4.93. The quantitative estimate of drug-likeness (QED) is 0.218. The van der Waals surface area contributed by atoms with Gasteiger partial charge >= 0.3 is 5.97 Å². The maximum absolute atomic E-state index is 13.8. The van der Waals surface area contributed by atoms with Crippen LogP contribution in [0, 0.1) is 5.82 Å². The molecule has 0 aliphatic carbocycles. The van der Waals surface area contributed by atoms with Crippen molar-refractivity contribution in [3.05, 3.63) is 149 Å². The number of fused-ring (bicyclic) bond motifs is 2. The van der Waals surface area contributed by atoms with E-state index in [9.17, 15) is 18.8 Å². The number of ketones is 1. The van der Waals surface area contributed by atoms with Crippen molar-refractivity contribution >= 4 is 33.9 Å². The number of rotatable bonds is 7. The Hall–Kier alpha value is -5.56. The molecule has 0 spiro atoms. The van der Waals surface area contributed by atoms with Gasteiger partial charge in [-0.15, -0.1) is 0 Å². The van der Waals surface area contributed by atoms with Crippen molar-refractivity contribution < 1.29 is 23.9 Å². The molecule has 2 N–H and O–H groups in total. The summed E-state index contributed by atoms with van der Waals surface area (Å²) in [6, 6.07) is 32.6. The van der Waals surface area contributed by atoms with Crippen LogP contribution < -0.4 is 5.32 Å². The highest BCUT2D eigenvalue weighted by Gasteiger charge is 2.20. The Morgan fingerprint density at radius 3 is 2.15 bits per heavy atom. The molecule has 200 valence electrons. The van der Waals surface area contributed by atoms with E-state index in [1.165, 1.54) is 24.3 Å². The number of amides is 1. The topological polar surface area (TPSA) is 87.9 Å². The molecule has 0 unspecified atom stereocenters. The predicted molar refractivity (Wildman–Crippen MR) is 155 cm³/mol. The maximum atomic E-state index is 13.8. The third-order valence-corrected chi connectivity index (χ3v) is 7.04. The second-order valence-electron chi connectivity index (χ2n) is 9.69. The fourth-order valence-electron chi connectivity index (χ4n) is 4.93. The number of pyridine rings is 1.